The number of halogens is 1. The highest BCUT2D eigenvalue weighted by molar-refractivity contribution is 5.79. The molecule has 98 valence electrons. The Morgan fingerprint density at radius 3 is 2.89 bits per heavy atom. The topological polar surface area (TPSA) is 40.5 Å². The van der Waals surface area contributed by atoms with E-state index in [2.05, 4.69) is 0 Å². The maximum absolute atomic E-state index is 13.5. The van der Waals surface area contributed by atoms with Crippen LogP contribution in [0, 0.1) is 11.7 Å². The molecule has 18 heavy (non-hydrogen) atoms. The Morgan fingerprint density at radius 1 is 1.56 bits per heavy atom. The standard InChI is InChI=1S/C14H18FNO2/c1-10(8-11-4-2-3-5-13(11)15)14(18)16-7-6-12(17)9-16/h2-5,10,12,17H,6-9H2,1H3/t10?,12-/m1/s1. The molecule has 2 rings (SSSR count). The first kappa shape index (κ1) is 13.0. The van der Waals surface area contributed by atoms with Gasteiger partial charge in [-0.25, -0.2) is 4.39 Å². The van der Waals surface area contributed by atoms with Gasteiger partial charge in [-0.2, -0.15) is 0 Å². The van der Waals surface area contributed by atoms with E-state index in [4.69, 9.17) is 0 Å². The molecule has 1 aromatic rings. The van der Waals surface area contributed by atoms with Crippen LogP contribution in [0.4, 0.5) is 4.39 Å². The van der Waals surface area contributed by atoms with Gasteiger partial charge in [-0.1, -0.05) is 25.1 Å². The predicted octanol–water partition coefficient (Wildman–Crippen LogP) is 1.60. The summed E-state index contributed by atoms with van der Waals surface area (Å²) in [5, 5.41) is 9.41. The van der Waals surface area contributed by atoms with E-state index in [0.717, 1.165) is 0 Å². The van der Waals surface area contributed by atoms with Crippen molar-refractivity contribution in [2.45, 2.75) is 25.9 Å². The summed E-state index contributed by atoms with van der Waals surface area (Å²) in [6.07, 6.45) is 0.630. The number of benzene rings is 1. The third-order valence-electron chi connectivity index (χ3n) is 3.38. The molecule has 1 fully saturated rings. The average Bonchev–Trinajstić information content (AvgIpc) is 2.78. The molecule has 1 aliphatic rings. The van der Waals surface area contributed by atoms with Gasteiger partial charge in [0, 0.05) is 19.0 Å². The molecule has 0 aromatic heterocycles. The van der Waals surface area contributed by atoms with E-state index in [1.165, 1.54) is 6.07 Å². The largest absolute Gasteiger partial charge is 0.391 e. The fraction of sp³-hybridized carbons (Fsp3) is 0.500. The van der Waals surface area contributed by atoms with Crippen LogP contribution in [-0.2, 0) is 11.2 Å². The number of aliphatic hydroxyl groups excluding tert-OH is 1. The minimum Gasteiger partial charge on any atom is -0.391 e. The smallest absolute Gasteiger partial charge is 0.225 e. The molecule has 2 atom stereocenters. The molecular formula is C14H18FNO2. The van der Waals surface area contributed by atoms with Crippen molar-refractivity contribution in [1.82, 2.24) is 4.90 Å². The molecule has 0 aliphatic carbocycles. The van der Waals surface area contributed by atoms with Crippen LogP contribution in [0.1, 0.15) is 18.9 Å². The van der Waals surface area contributed by atoms with E-state index >= 15 is 0 Å². The molecule has 1 heterocycles. The van der Waals surface area contributed by atoms with Crippen molar-refractivity contribution >= 4 is 5.91 Å². The van der Waals surface area contributed by atoms with Gasteiger partial charge in [-0.05, 0) is 24.5 Å². The number of hydrogen-bond acceptors (Lipinski definition) is 2. The third-order valence-corrected chi connectivity index (χ3v) is 3.38. The number of hydrogen-bond donors (Lipinski definition) is 1. The van der Waals surface area contributed by atoms with Crippen LogP contribution in [0.3, 0.4) is 0 Å². The van der Waals surface area contributed by atoms with Crippen molar-refractivity contribution in [1.29, 1.82) is 0 Å². The van der Waals surface area contributed by atoms with Crippen LogP contribution in [0.5, 0.6) is 0 Å². The van der Waals surface area contributed by atoms with Gasteiger partial charge in [-0.3, -0.25) is 4.79 Å². The molecule has 3 nitrogen and oxygen atoms in total. The number of nitrogens with zero attached hydrogens (tertiary/aromatic N) is 1. The number of likely N-dealkylation sites (tertiary alicyclic amines) is 1. The molecule has 0 spiro atoms. The molecule has 1 aromatic carbocycles. The van der Waals surface area contributed by atoms with Crippen LogP contribution in [-0.4, -0.2) is 35.1 Å². The van der Waals surface area contributed by atoms with Crippen molar-refractivity contribution in [3.63, 3.8) is 0 Å². The second kappa shape index (κ2) is 5.48. The summed E-state index contributed by atoms with van der Waals surface area (Å²) in [6.45, 7) is 2.81. The molecule has 1 amide bonds. The Morgan fingerprint density at radius 2 is 2.28 bits per heavy atom. The highest BCUT2D eigenvalue weighted by Crippen LogP contribution is 2.17. The molecule has 1 N–H and O–H groups in total. The van der Waals surface area contributed by atoms with Crippen LogP contribution < -0.4 is 0 Å². The number of carbonyl (C=O) groups is 1. The normalized spacial score (nSPS) is 21.1. The first-order valence-electron chi connectivity index (χ1n) is 6.28. The molecule has 4 heteroatoms. The lowest BCUT2D eigenvalue weighted by molar-refractivity contribution is -0.134. The molecule has 0 bridgehead atoms. The minimum atomic E-state index is -0.408. The zero-order valence-electron chi connectivity index (χ0n) is 10.5. The Labute approximate surface area is 106 Å². The maximum atomic E-state index is 13.5. The summed E-state index contributed by atoms with van der Waals surface area (Å²) in [5.74, 6) is -0.527. The number of aliphatic hydroxyl groups is 1. The molecule has 0 saturated carbocycles. The Kier molecular flexibility index (Phi) is 3.97. The molecule has 1 saturated heterocycles. The fourth-order valence-electron chi connectivity index (χ4n) is 2.33. The number of carbonyl (C=O) groups excluding carboxylic acids is 1. The molecule has 0 radical (unpaired) electrons. The second-order valence-electron chi connectivity index (χ2n) is 4.92. The first-order chi connectivity index (χ1) is 8.58. The second-order valence-corrected chi connectivity index (χ2v) is 4.92. The highest BCUT2D eigenvalue weighted by atomic mass is 19.1. The maximum Gasteiger partial charge on any atom is 0.225 e. The minimum absolute atomic E-state index is 0.00481. The highest BCUT2D eigenvalue weighted by Gasteiger charge is 2.28. The molecule has 1 aliphatic heterocycles. The van der Waals surface area contributed by atoms with E-state index in [0.29, 0.717) is 31.5 Å². The van der Waals surface area contributed by atoms with Gasteiger partial charge in [0.15, 0.2) is 0 Å². The van der Waals surface area contributed by atoms with Crippen LogP contribution >= 0.6 is 0 Å². The van der Waals surface area contributed by atoms with Crippen LogP contribution in [0.2, 0.25) is 0 Å². The van der Waals surface area contributed by atoms with Gasteiger partial charge in [0.25, 0.3) is 0 Å². The zero-order chi connectivity index (χ0) is 13.1. The summed E-state index contributed by atoms with van der Waals surface area (Å²) in [6, 6.07) is 6.53. The Balaban J connectivity index is 1.98. The fourth-order valence-corrected chi connectivity index (χ4v) is 2.33. The van der Waals surface area contributed by atoms with Gasteiger partial charge >= 0.3 is 0 Å². The van der Waals surface area contributed by atoms with Crippen LogP contribution in [0.25, 0.3) is 0 Å². The SMILES string of the molecule is CC(Cc1ccccc1F)C(=O)N1CC[C@@H](O)C1. The zero-order valence-corrected chi connectivity index (χ0v) is 10.5. The van der Waals surface area contributed by atoms with Crippen molar-refractivity contribution in [2.24, 2.45) is 5.92 Å². The van der Waals surface area contributed by atoms with Crippen molar-refractivity contribution < 1.29 is 14.3 Å². The Hall–Kier alpha value is -1.42. The summed E-state index contributed by atoms with van der Waals surface area (Å²) >= 11 is 0. The van der Waals surface area contributed by atoms with E-state index < -0.39 is 6.10 Å². The third kappa shape index (κ3) is 2.88. The predicted molar refractivity (Wildman–Crippen MR) is 66.5 cm³/mol. The van der Waals surface area contributed by atoms with E-state index in [1.807, 2.05) is 0 Å². The van der Waals surface area contributed by atoms with Gasteiger partial charge < -0.3 is 10.0 Å². The van der Waals surface area contributed by atoms with Crippen LogP contribution in [0.15, 0.2) is 24.3 Å². The van der Waals surface area contributed by atoms with Crippen molar-refractivity contribution in [3.8, 4) is 0 Å². The van der Waals surface area contributed by atoms with E-state index in [-0.39, 0.29) is 17.6 Å². The quantitative estimate of drug-likeness (QED) is 0.886. The molecular weight excluding hydrogens is 233 g/mol. The Bertz CT molecular complexity index is 436. The first-order valence-corrected chi connectivity index (χ1v) is 6.28. The van der Waals surface area contributed by atoms with E-state index in [9.17, 15) is 14.3 Å². The summed E-state index contributed by atoms with van der Waals surface area (Å²) in [4.78, 5) is 13.8. The summed E-state index contributed by atoms with van der Waals surface area (Å²) < 4.78 is 13.5. The lowest BCUT2D eigenvalue weighted by Crippen LogP contribution is -2.34. The van der Waals surface area contributed by atoms with Gasteiger partial charge in [0.05, 0.1) is 6.10 Å². The summed E-state index contributed by atoms with van der Waals surface area (Å²) in [5.41, 5.74) is 0.568. The van der Waals surface area contributed by atoms with E-state index in [1.54, 1.807) is 30.0 Å². The lowest BCUT2D eigenvalue weighted by Gasteiger charge is -2.20. The van der Waals surface area contributed by atoms with Gasteiger partial charge in [0.2, 0.25) is 5.91 Å². The van der Waals surface area contributed by atoms with Crippen molar-refractivity contribution in [2.75, 3.05) is 13.1 Å². The average molecular weight is 251 g/mol. The number of rotatable bonds is 3. The molecule has 1 unspecified atom stereocenters. The summed E-state index contributed by atoms with van der Waals surface area (Å²) in [7, 11) is 0. The van der Waals surface area contributed by atoms with Crippen molar-refractivity contribution in [3.05, 3.63) is 35.6 Å². The number of amides is 1. The van der Waals surface area contributed by atoms with Gasteiger partial charge in [-0.15, -0.1) is 0 Å². The monoisotopic (exact) mass is 251 g/mol. The number of β-amino-alcohol motifs (C(OH)–C–C–N with tert-alkyl or cyclic N) is 1. The lowest BCUT2D eigenvalue weighted by atomic mass is 9.99. The van der Waals surface area contributed by atoms with Gasteiger partial charge in [0.1, 0.15) is 5.82 Å².